The number of hydrogen-bond donors (Lipinski definition) is 2. The summed E-state index contributed by atoms with van der Waals surface area (Å²) >= 11 is 0. The van der Waals surface area contributed by atoms with Gasteiger partial charge in [-0.1, -0.05) is 25.7 Å². The highest BCUT2D eigenvalue weighted by Crippen LogP contribution is 2.26. The van der Waals surface area contributed by atoms with Crippen LogP contribution in [0.15, 0.2) is 0 Å². The third kappa shape index (κ3) is 3.90. The maximum Gasteiger partial charge on any atom is 0.315 e. The number of rotatable bonds is 5. The quantitative estimate of drug-likeness (QED) is 0.678. The van der Waals surface area contributed by atoms with Crippen molar-refractivity contribution in [2.45, 2.75) is 39.0 Å². The molecule has 4 nitrogen and oxygen atoms in total. The predicted octanol–water partition coefficient (Wildman–Crippen LogP) is 1.40. The van der Waals surface area contributed by atoms with Gasteiger partial charge in [-0.15, -0.1) is 0 Å². The molecular formula is C11H19NO3. The van der Waals surface area contributed by atoms with Crippen LogP contribution < -0.4 is 5.32 Å². The van der Waals surface area contributed by atoms with E-state index in [0.29, 0.717) is 6.54 Å². The first-order chi connectivity index (χ1) is 7.11. The van der Waals surface area contributed by atoms with Crippen molar-refractivity contribution in [3.8, 4) is 0 Å². The first-order valence-corrected chi connectivity index (χ1v) is 5.61. The lowest BCUT2D eigenvalue weighted by Gasteiger charge is -2.11. The van der Waals surface area contributed by atoms with Crippen LogP contribution in [-0.2, 0) is 9.59 Å². The van der Waals surface area contributed by atoms with E-state index in [2.05, 4.69) is 5.32 Å². The maximum atomic E-state index is 11.3. The molecule has 0 aromatic rings. The second-order valence-electron chi connectivity index (χ2n) is 4.29. The average Bonchev–Trinajstić information content (AvgIpc) is 2.69. The van der Waals surface area contributed by atoms with Gasteiger partial charge in [0.25, 0.3) is 0 Å². The van der Waals surface area contributed by atoms with Gasteiger partial charge in [-0.05, 0) is 19.3 Å². The minimum atomic E-state index is -1.06. The van der Waals surface area contributed by atoms with Gasteiger partial charge in [0.2, 0.25) is 5.91 Å². The highest BCUT2D eigenvalue weighted by Gasteiger charge is 2.20. The molecule has 1 aliphatic carbocycles. The van der Waals surface area contributed by atoms with E-state index < -0.39 is 11.9 Å². The zero-order chi connectivity index (χ0) is 11.3. The first-order valence-electron chi connectivity index (χ1n) is 5.61. The van der Waals surface area contributed by atoms with E-state index in [1.54, 1.807) is 0 Å². The molecule has 1 aliphatic rings. The molecule has 15 heavy (non-hydrogen) atoms. The van der Waals surface area contributed by atoms with Gasteiger partial charge in [-0.2, -0.15) is 0 Å². The Morgan fingerprint density at radius 3 is 2.53 bits per heavy atom. The number of amides is 1. The fourth-order valence-corrected chi connectivity index (χ4v) is 1.96. The van der Waals surface area contributed by atoms with Crippen LogP contribution in [0, 0.1) is 11.8 Å². The Bertz CT molecular complexity index is 234. The van der Waals surface area contributed by atoms with E-state index in [9.17, 15) is 9.59 Å². The first kappa shape index (κ1) is 12.0. The van der Waals surface area contributed by atoms with Crippen molar-refractivity contribution < 1.29 is 14.7 Å². The molecule has 0 aromatic heterocycles. The lowest BCUT2D eigenvalue weighted by molar-refractivity contribution is -0.146. The summed E-state index contributed by atoms with van der Waals surface area (Å²) in [7, 11) is 0. The number of carbonyl (C=O) groups excluding carboxylic acids is 1. The minimum Gasteiger partial charge on any atom is -0.481 e. The summed E-state index contributed by atoms with van der Waals surface area (Å²) in [6.07, 6.45) is 6.08. The fraction of sp³-hybridized carbons (Fsp3) is 0.818. The summed E-state index contributed by atoms with van der Waals surface area (Å²) in [4.78, 5) is 21.8. The molecule has 1 unspecified atom stereocenters. The van der Waals surface area contributed by atoms with E-state index in [4.69, 9.17) is 5.11 Å². The zero-order valence-electron chi connectivity index (χ0n) is 9.16. The highest BCUT2D eigenvalue weighted by molar-refractivity contribution is 5.96. The van der Waals surface area contributed by atoms with Gasteiger partial charge in [-0.25, -0.2) is 0 Å². The summed E-state index contributed by atoms with van der Waals surface area (Å²) in [5, 5.41) is 11.3. The Hall–Kier alpha value is -1.06. The van der Waals surface area contributed by atoms with Crippen LogP contribution in [0.3, 0.4) is 0 Å². The van der Waals surface area contributed by atoms with Crippen molar-refractivity contribution in [3.05, 3.63) is 0 Å². The Morgan fingerprint density at radius 2 is 2.00 bits per heavy atom. The molecule has 0 spiro atoms. The molecule has 1 saturated carbocycles. The van der Waals surface area contributed by atoms with Gasteiger partial charge in [0.05, 0.1) is 0 Å². The largest absolute Gasteiger partial charge is 0.481 e. The predicted molar refractivity (Wildman–Crippen MR) is 56.4 cm³/mol. The number of hydrogen-bond acceptors (Lipinski definition) is 2. The van der Waals surface area contributed by atoms with Gasteiger partial charge >= 0.3 is 5.97 Å². The molecule has 1 atom stereocenters. The average molecular weight is 213 g/mol. The van der Waals surface area contributed by atoms with Crippen LogP contribution in [0.1, 0.15) is 39.0 Å². The SMILES string of the molecule is CC(C(=O)O)C(=O)NCCC1CCCC1. The second kappa shape index (κ2) is 5.73. The molecule has 86 valence electrons. The number of carbonyl (C=O) groups is 2. The molecule has 0 bridgehead atoms. The molecule has 4 heteroatoms. The normalized spacial score (nSPS) is 18.7. The molecule has 0 aromatic carbocycles. The van der Waals surface area contributed by atoms with E-state index >= 15 is 0 Å². The lowest BCUT2D eigenvalue weighted by Crippen LogP contribution is -2.34. The number of nitrogens with one attached hydrogen (secondary N) is 1. The highest BCUT2D eigenvalue weighted by atomic mass is 16.4. The number of aliphatic carboxylic acids is 1. The molecular weight excluding hydrogens is 194 g/mol. The molecule has 0 heterocycles. The Morgan fingerprint density at radius 1 is 1.40 bits per heavy atom. The van der Waals surface area contributed by atoms with Crippen LogP contribution in [0.4, 0.5) is 0 Å². The summed E-state index contributed by atoms with van der Waals surface area (Å²) in [5.41, 5.74) is 0. The van der Waals surface area contributed by atoms with Crippen LogP contribution in [0.2, 0.25) is 0 Å². The molecule has 1 fully saturated rings. The van der Waals surface area contributed by atoms with Gasteiger partial charge in [0, 0.05) is 6.54 Å². The van der Waals surface area contributed by atoms with E-state index in [1.807, 2.05) is 0 Å². The Balaban J connectivity index is 2.13. The van der Waals surface area contributed by atoms with Gasteiger partial charge in [0.1, 0.15) is 5.92 Å². The van der Waals surface area contributed by atoms with Crippen molar-refractivity contribution in [2.75, 3.05) is 6.54 Å². The van der Waals surface area contributed by atoms with Gasteiger partial charge < -0.3 is 10.4 Å². The Kier molecular flexibility index (Phi) is 4.59. The smallest absolute Gasteiger partial charge is 0.315 e. The number of carboxylic acids is 1. The molecule has 0 radical (unpaired) electrons. The van der Waals surface area contributed by atoms with Gasteiger partial charge in [-0.3, -0.25) is 9.59 Å². The standard InChI is InChI=1S/C11H19NO3/c1-8(11(14)15)10(13)12-7-6-9-4-2-3-5-9/h8-9H,2-7H2,1H3,(H,12,13)(H,14,15). The molecule has 0 aliphatic heterocycles. The van der Waals surface area contributed by atoms with Crippen LogP contribution in [0.5, 0.6) is 0 Å². The van der Waals surface area contributed by atoms with Crippen molar-refractivity contribution in [3.63, 3.8) is 0 Å². The third-order valence-corrected chi connectivity index (χ3v) is 3.09. The summed E-state index contributed by atoms with van der Waals surface area (Å²) < 4.78 is 0. The van der Waals surface area contributed by atoms with Crippen molar-refractivity contribution in [1.82, 2.24) is 5.32 Å². The van der Waals surface area contributed by atoms with Gasteiger partial charge in [0.15, 0.2) is 0 Å². The molecule has 2 N–H and O–H groups in total. The molecule has 1 amide bonds. The van der Waals surface area contributed by atoms with Crippen LogP contribution in [-0.4, -0.2) is 23.5 Å². The fourth-order valence-electron chi connectivity index (χ4n) is 1.96. The summed E-state index contributed by atoms with van der Waals surface area (Å²) in [6, 6.07) is 0. The van der Waals surface area contributed by atoms with E-state index in [0.717, 1.165) is 12.3 Å². The van der Waals surface area contributed by atoms with E-state index in [1.165, 1.54) is 32.6 Å². The van der Waals surface area contributed by atoms with Crippen LogP contribution in [0.25, 0.3) is 0 Å². The molecule has 0 saturated heterocycles. The minimum absolute atomic E-state index is 0.375. The maximum absolute atomic E-state index is 11.3. The van der Waals surface area contributed by atoms with Crippen molar-refractivity contribution in [2.24, 2.45) is 11.8 Å². The monoisotopic (exact) mass is 213 g/mol. The topological polar surface area (TPSA) is 66.4 Å². The third-order valence-electron chi connectivity index (χ3n) is 3.09. The van der Waals surface area contributed by atoms with E-state index in [-0.39, 0.29) is 5.91 Å². The molecule has 1 rings (SSSR count). The lowest BCUT2D eigenvalue weighted by atomic mass is 10.0. The Labute approximate surface area is 90.0 Å². The van der Waals surface area contributed by atoms with Crippen molar-refractivity contribution >= 4 is 11.9 Å². The van der Waals surface area contributed by atoms with Crippen LogP contribution >= 0.6 is 0 Å². The second-order valence-corrected chi connectivity index (χ2v) is 4.29. The van der Waals surface area contributed by atoms with Crippen molar-refractivity contribution in [1.29, 1.82) is 0 Å². The summed E-state index contributed by atoms with van der Waals surface area (Å²) in [6.45, 7) is 2.02. The number of carboxylic acid groups (broad SMARTS) is 1. The zero-order valence-corrected chi connectivity index (χ0v) is 9.16. The summed E-state index contributed by atoms with van der Waals surface area (Å²) in [5.74, 6) is -1.65.